The van der Waals surface area contributed by atoms with Crippen LogP contribution in [-0.4, -0.2) is 71.7 Å². The molecule has 0 saturated carbocycles. The first-order valence-corrected chi connectivity index (χ1v) is 11.0. The van der Waals surface area contributed by atoms with Gasteiger partial charge in [0.25, 0.3) is 0 Å². The van der Waals surface area contributed by atoms with Crippen molar-refractivity contribution < 1.29 is 40.7 Å². The van der Waals surface area contributed by atoms with E-state index in [0.717, 1.165) is 17.3 Å². The minimum atomic E-state index is -5.20. The van der Waals surface area contributed by atoms with Gasteiger partial charge in [-0.3, -0.25) is 9.78 Å². The van der Waals surface area contributed by atoms with Crippen LogP contribution in [0.3, 0.4) is 0 Å². The number of carbonyl (C=O) groups excluding carboxylic acids is 2. The van der Waals surface area contributed by atoms with E-state index in [-0.39, 0.29) is 43.7 Å². The van der Waals surface area contributed by atoms with E-state index in [1.165, 1.54) is 4.31 Å². The summed E-state index contributed by atoms with van der Waals surface area (Å²) < 4.78 is 78.3. The maximum absolute atomic E-state index is 14.3. The number of aromatic nitrogens is 1. The van der Waals surface area contributed by atoms with Crippen LogP contribution in [0, 0.1) is 5.82 Å². The molecule has 31 heavy (non-hydrogen) atoms. The summed E-state index contributed by atoms with van der Waals surface area (Å²) in [6.45, 7) is -0.277. The molecular weight excluding hydrogens is 448 g/mol. The summed E-state index contributed by atoms with van der Waals surface area (Å²) in [5.74, 6) is -3.46. The zero-order chi connectivity index (χ0) is 23.0. The number of amides is 2. The number of piperazine rings is 1. The zero-order valence-electron chi connectivity index (χ0n) is 16.1. The number of hydrogen-bond acceptors (Lipinski definition) is 6. The van der Waals surface area contributed by atoms with E-state index in [1.54, 1.807) is 5.32 Å². The second-order valence-corrected chi connectivity index (χ2v) is 9.43. The molecule has 0 radical (unpaired) electrons. The Morgan fingerprint density at radius 1 is 1.26 bits per heavy atom. The lowest BCUT2D eigenvalue weighted by Gasteiger charge is -2.45. The second-order valence-electron chi connectivity index (χ2n) is 7.39. The summed E-state index contributed by atoms with van der Waals surface area (Å²) in [5, 5.41) is 13.1. The number of anilines is 1. The average Bonchev–Trinajstić information content (AvgIpc) is 2.78. The van der Waals surface area contributed by atoms with Gasteiger partial charge in [0.1, 0.15) is 11.9 Å². The lowest BCUT2D eigenvalue weighted by molar-refractivity contribution is -0.270. The first kappa shape index (κ1) is 23.2. The third-order valence-electron chi connectivity index (χ3n) is 5.42. The number of pyridine rings is 1. The van der Waals surface area contributed by atoms with Crippen molar-refractivity contribution in [1.82, 2.24) is 14.2 Å². The summed E-state index contributed by atoms with van der Waals surface area (Å²) in [5.41, 5.74) is -0.784. The maximum atomic E-state index is 14.3. The Balaban J connectivity index is 1.84. The van der Waals surface area contributed by atoms with Crippen molar-refractivity contribution in [3.8, 4) is 0 Å². The van der Waals surface area contributed by atoms with Crippen LogP contribution in [0.25, 0.3) is 0 Å². The van der Waals surface area contributed by atoms with Crippen molar-refractivity contribution in [2.24, 2.45) is 0 Å². The van der Waals surface area contributed by atoms with Crippen LogP contribution in [-0.2, 0) is 21.2 Å². The summed E-state index contributed by atoms with van der Waals surface area (Å²) in [6.07, 6.45) is -4.77. The van der Waals surface area contributed by atoms with E-state index in [0.29, 0.717) is 6.42 Å². The molecule has 0 aromatic carbocycles. The Morgan fingerprint density at radius 2 is 1.97 bits per heavy atom. The summed E-state index contributed by atoms with van der Waals surface area (Å²) in [7, 11) is -3.68. The molecule has 2 aliphatic heterocycles. The highest BCUT2D eigenvalue weighted by molar-refractivity contribution is 7.89. The summed E-state index contributed by atoms with van der Waals surface area (Å²) in [6, 6.07) is -1.42. The Hall–Kier alpha value is -2.48. The number of hydrogen-bond donors (Lipinski definition) is 1. The second kappa shape index (κ2) is 8.57. The molecular formula is C17H19F4N4O5S-. The fourth-order valence-electron chi connectivity index (χ4n) is 3.92. The molecule has 0 spiro atoms. The zero-order valence-corrected chi connectivity index (χ0v) is 16.9. The molecule has 9 nitrogen and oxygen atoms in total. The van der Waals surface area contributed by atoms with Gasteiger partial charge in [0.2, 0.25) is 10.0 Å². The van der Waals surface area contributed by atoms with Crippen LogP contribution in [0.4, 0.5) is 28.0 Å². The first-order chi connectivity index (χ1) is 14.4. The van der Waals surface area contributed by atoms with Crippen LogP contribution in [0.5, 0.6) is 0 Å². The molecule has 3 unspecified atom stereocenters. The Bertz CT molecular complexity index is 972. The van der Waals surface area contributed by atoms with Crippen LogP contribution in [0.1, 0.15) is 24.8 Å². The summed E-state index contributed by atoms with van der Waals surface area (Å²) >= 11 is 0. The van der Waals surface area contributed by atoms with Crippen molar-refractivity contribution in [3.05, 3.63) is 23.8 Å². The Labute approximate surface area is 175 Å². The predicted molar refractivity (Wildman–Crippen MR) is 96.6 cm³/mol. The number of nitrogens with one attached hydrogen (secondary N) is 1. The van der Waals surface area contributed by atoms with Gasteiger partial charge in [-0.25, -0.2) is 12.8 Å². The molecule has 1 aromatic heterocycles. The van der Waals surface area contributed by atoms with Gasteiger partial charge in [0.05, 0.1) is 23.8 Å². The van der Waals surface area contributed by atoms with E-state index in [1.807, 2.05) is 0 Å². The molecule has 0 aliphatic carbocycles. The topological polar surface area (TPSA) is 123 Å². The van der Waals surface area contributed by atoms with Gasteiger partial charge in [-0.05, 0) is 25.7 Å². The van der Waals surface area contributed by atoms with Gasteiger partial charge >= 0.3 is 12.1 Å². The van der Waals surface area contributed by atoms with Crippen molar-refractivity contribution in [3.63, 3.8) is 0 Å². The van der Waals surface area contributed by atoms with Gasteiger partial charge in [-0.15, -0.1) is 0 Å². The van der Waals surface area contributed by atoms with Crippen LogP contribution >= 0.6 is 0 Å². The van der Waals surface area contributed by atoms with Crippen molar-refractivity contribution in [2.75, 3.05) is 24.2 Å². The fourth-order valence-corrected chi connectivity index (χ4v) is 5.71. The number of rotatable bonds is 4. The first-order valence-electron chi connectivity index (χ1n) is 9.38. The minimum Gasteiger partial charge on any atom is -0.530 e. The largest absolute Gasteiger partial charge is 0.530 e. The van der Waals surface area contributed by atoms with Gasteiger partial charge in [0, 0.05) is 30.7 Å². The van der Waals surface area contributed by atoms with E-state index < -0.39 is 51.8 Å². The smallest absolute Gasteiger partial charge is 0.471 e. The van der Waals surface area contributed by atoms with Gasteiger partial charge in [-0.2, -0.15) is 17.5 Å². The fraction of sp³-hybridized carbons (Fsp3) is 0.588. The van der Waals surface area contributed by atoms with Crippen molar-refractivity contribution in [2.45, 2.75) is 43.9 Å². The molecule has 2 saturated heterocycles. The number of alkyl halides is 3. The summed E-state index contributed by atoms with van der Waals surface area (Å²) in [4.78, 5) is 27.2. The molecule has 2 bridgehead atoms. The van der Waals surface area contributed by atoms with E-state index in [2.05, 4.69) is 4.98 Å². The van der Waals surface area contributed by atoms with E-state index >= 15 is 0 Å². The SMILES string of the molecule is O=C([O-])N1CC(CCc2c(F)cncc2NC(=O)C(F)(F)F)N2CC1CCCS2(=O)=O. The third kappa shape index (κ3) is 5.06. The molecule has 1 aromatic rings. The normalized spacial score (nSPS) is 25.5. The Morgan fingerprint density at radius 3 is 2.61 bits per heavy atom. The van der Waals surface area contributed by atoms with Gasteiger partial charge < -0.3 is 20.1 Å². The van der Waals surface area contributed by atoms with Crippen molar-refractivity contribution >= 4 is 27.7 Å². The number of carboxylic acid groups (broad SMARTS) is 1. The third-order valence-corrected chi connectivity index (χ3v) is 7.38. The predicted octanol–water partition coefficient (Wildman–Crippen LogP) is 0.476. The number of halogens is 4. The number of nitrogens with zero attached hydrogens (tertiary/aromatic N) is 3. The molecule has 2 aliphatic rings. The highest BCUT2D eigenvalue weighted by Crippen LogP contribution is 2.30. The van der Waals surface area contributed by atoms with E-state index in [9.17, 15) is 40.7 Å². The lowest BCUT2D eigenvalue weighted by Crippen LogP contribution is -2.62. The molecule has 1 N–H and O–H groups in total. The number of carbonyl (C=O) groups is 2. The Kier molecular flexibility index (Phi) is 6.41. The molecule has 2 amide bonds. The molecule has 2 fully saturated rings. The highest BCUT2D eigenvalue weighted by atomic mass is 32.2. The van der Waals surface area contributed by atoms with Crippen molar-refractivity contribution in [1.29, 1.82) is 0 Å². The molecule has 3 rings (SSSR count). The monoisotopic (exact) mass is 467 g/mol. The van der Waals surface area contributed by atoms with Gasteiger partial charge in [-0.1, -0.05) is 0 Å². The molecule has 172 valence electrons. The quantitative estimate of drug-likeness (QED) is 0.643. The van der Waals surface area contributed by atoms with Crippen LogP contribution < -0.4 is 10.4 Å². The average molecular weight is 467 g/mol. The maximum Gasteiger partial charge on any atom is 0.471 e. The van der Waals surface area contributed by atoms with Gasteiger partial charge in [0.15, 0.2) is 0 Å². The van der Waals surface area contributed by atoms with Crippen LogP contribution in [0.15, 0.2) is 12.4 Å². The highest BCUT2D eigenvalue weighted by Gasteiger charge is 2.42. The van der Waals surface area contributed by atoms with Crippen LogP contribution in [0.2, 0.25) is 0 Å². The number of fused-ring (bicyclic) bond motifs is 2. The molecule has 3 atom stereocenters. The number of sulfonamides is 1. The molecule has 14 heteroatoms. The minimum absolute atomic E-state index is 0.0720. The lowest BCUT2D eigenvalue weighted by atomic mass is 9.99. The molecule has 3 heterocycles. The standard InChI is InChI=1S/C17H20F4N4O5S/c18-13-6-22-7-14(23-15(26)17(19,20)21)12(13)4-3-11-8-24(16(27)28)10-2-1-5-31(29,30)25(11)9-10/h6-7,10-11H,1-5,8-9H2,(H,23,26)(H,27,28)/p-1. The van der Waals surface area contributed by atoms with E-state index in [4.69, 9.17) is 0 Å².